The molecule has 100 valence electrons. The van der Waals surface area contributed by atoms with Crippen LogP contribution in [0.15, 0.2) is 16.6 Å². The topological polar surface area (TPSA) is 46.5 Å². The van der Waals surface area contributed by atoms with Crippen LogP contribution in [0.25, 0.3) is 0 Å². The summed E-state index contributed by atoms with van der Waals surface area (Å²) in [4.78, 5) is 10.6. The Morgan fingerprint density at radius 1 is 1.44 bits per heavy atom. The van der Waals surface area contributed by atoms with Crippen molar-refractivity contribution < 1.29 is 14.6 Å². The molecule has 0 atom stereocenters. The fraction of sp³-hybridized carbons (Fsp3) is 0.500. The first-order chi connectivity index (χ1) is 8.45. The molecular formula is C14H19BrO3. The van der Waals surface area contributed by atoms with Gasteiger partial charge in [-0.2, -0.15) is 0 Å². The molecule has 0 saturated heterocycles. The van der Waals surface area contributed by atoms with Crippen LogP contribution in [0.2, 0.25) is 0 Å². The summed E-state index contributed by atoms with van der Waals surface area (Å²) in [7, 11) is 1.66. The van der Waals surface area contributed by atoms with Crippen molar-refractivity contribution in [1.29, 1.82) is 0 Å². The van der Waals surface area contributed by atoms with E-state index >= 15 is 0 Å². The zero-order valence-corrected chi connectivity index (χ0v) is 12.6. The summed E-state index contributed by atoms with van der Waals surface area (Å²) < 4.78 is 6.38. The number of carboxylic acids is 1. The molecule has 4 heteroatoms. The normalized spacial score (nSPS) is 10.7. The van der Waals surface area contributed by atoms with Gasteiger partial charge in [-0.25, -0.2) is 0 Å². The zero-order valence-electron chi connectivity index (χ0n) is 11.0. The minimum absolute atomic E-state index is 0.201. The van der Waals surface area contributed by atoms with Crippen LogP contribution >= 0.6 is 15.9 Å². The fourth-order valence-electron chi connectivity index (χ4n) is 2.11. The van der Waals surface area contributed by atoms with Gasteiger partial charge in [0.15, 0.2) is 0 Å². The molecule has 0 aliphatic heterocycles. The highest BCUT2D eigenvalue weighted by Crippen LogP contribution is 2.34. The van der Waals surface area contributed by atoms with Gasteiger partial charge in [0.2, 0.25) is 0 Å². The van der Waals surface area contributed by atoms with Gasteiger partial charge in [0, 0.05) is 10.9 Å². The van der Waals surface area contributed by atoms with Crippen molar-refractivity contribution in [2.75, 3.05) is 7.11 Å². The number of hydrogen-bond acceptors (Lipinski definition) is 2. The standard InChI is InChI=1S/C14H19BrO3/c1-9(2)14-10(5-4-6-13(16)17)7-11(15)8-12(14)18-3/h7-9H,4-6H2,1-3H3,(H,16,17). The molecular weight excluding hydrogens is 296 g/mol. The van der Waals surface area contributed by atoms with Crippen molar-refractivity contribution in [2.45, 2.75) is 39.0 Å². The maximum absolute atomic E-state index is 10.6. The molecule has 1 aromatic rings. The number of carbonyl (C=O) groups is 1. The summed E-state index contributed by atoms with van der Waals surface area (Å²) in [6.07, 6.45) is 1.61. The van der Waals surface area contributed by atoms with E-state index < -0.39 is 5.97 Å². The maximum atomic E-state index is 10.6. The van der Waals surface area contributed by atoms with Crippen molar-refractivity contribution in [3.8, 4) is 5.75 Å². The third-order valence-electron chi connectivity index (χ3n) is 2.83. The third kappa shape index (κ3) is 4.02. The SMILES string of the molecule is COc1cc(Br)cc(CCCC(=O)O)c1C(C)C. The van der Waals surface area contributed by atoms with Crippen LogP contribution in [0.1, 0.15) is 43.7 Å². The first kappa shape index (κ1) is 15.0. The Morgan fingerprint density at radius 2 is 2.11 bits per heavy atom. The van der Waals surface area contributed by atoms with Crippen LogP contribution < -0.4 is 4.74 Å². The molecule has 0 aromatic heterocycles. The lowest BCUT2D eigenvalue weighted by Gasteiger charge is -2.17. The number of halogens is 1. The molecule has 0 bridgehead atoms. The quantitative estimate of drug-likeness (QED) is 0.863. The predicted octanol–water partition coefficient (Wildman–Crippen LogP) is 3.99. The number of aliphatic carboxylic acids is 1. The van der Waals surface area contributed by atoms with E-state index in [9.17, 15) is 4.79 Å². The number of methoxy groups -OCH3 is 1. The van der Waals surface area contributed by atoms with E-state index in [0.29, 0.717) is 12.3 Å². The van der Waals surface area contributed by atoms with Crippen LogP contribution in [-0.2, 0) is 11.2 Å². The molecule has 18 heavy (non-hydrogen) atoms. The number of benzene rings is 1. The molecule has 0 spiro atoms. The first-order valence-electron chi connectivity index (χ1n) is 6.03. The molecule has 0 heterocycles. The second-order valence-corrected chi connectivity index (χ2v) is 5.50. The summed E-state index contributed by atoms with van der Waals surface area (Å²) in [5.74, 6) is 0.473. The van der Waals surface area contributed by atoms with Gasteiger partial charge in [-0.3, -0.25) is 4.79 Å². The van der Waals surface area contributed by atoms with Crippen LogP contribution in [-0.4, -0.2) is 18.2 Å². The summed E-state index contributed by atoms with van der Waals surface area (Å²) in [6, 6.07) is 4.01. The highest BCUT2D eigenvalue weighted by molar-refractivity contribution is 9.10. The van der Waals surface area contributed by atoms with Gasteiger partial charge in [0.1, 0.15) is 5.75 Å². The van der Waals surface area contributed by atoms with Gasteiger partial charge in [0.05, 0.1) is 7.11 Å². The average Bonchev–Trinajstić information content (AvgIpc) is 2.26. The Balaban J connectivity index is 3.00. The maximum Gasteiger partial charge on any atom is 0.303 e. The Kier molecular flexibility index (Phi) is 5.66. The van der Waals surface area contributed by atoms with E-state index in [-0.39, 0.29) is 6.42 Å². The third-order valence-corrected chi connectivity index (χ3v) is 3.28. The Labute approximate surface area is 116 Å². The lowest BCUT2D eigenvalue weighted by molar-refractivity contribution is -0.137. The molecule has 1 aromatic carbocycles. The van der Waals surface area contributed by atoms with Gasteiger partial charge in [-0.1, -0.05) is 29.8 Å². The largest absolute Gasteiger partial charge is 0.496 e. The molecule has 0 fully saturated rings. The molecule has 0 aliphatic carbocycles. The summed E-state index contributed by atoms with van der Waals surface area (Å²) in [5, 5.41) is 8.69. The predicted molar refractivity (Wildman–Crippen MR) is 75.4 cm³/mol. The Morgan fingerprint density at radius 3 is 2.61 bits per heavy atom. The number of ether oxygens (including phenoxy) is 1. The fourth-order valence-corrected chi connectivity index (χ4v) is 2.59. The van der Waals surface area contributed by atoms with E-state index in [1.807, 2.05) is 6.07 Å². The molecule has 0 amide bonds. The van der Waals surface area contributed by atoms with E-state index in [1.165, 1.54) is 5.56 Å². The van der Waals surface area contributed by atoms with Crippen molar-refractivity contribution in [1.82, 2.24) is 0 Å². The zero-order chi connectivity index (χ0) is 13.7. The van der Waals surface area contributed by atoms with Crippen LogP contribution in [0.3, 0.4) is 0 Å². The van der Waals surface area contributed by atoms with Gasteiger partial charge >= 0.3 is 5.97 Å². The first-order valence-corrected chi connectivity index (χ1v) is 6.83. The Bertz CT molecular complexity index is 427. The van der Waals surface area contributed by atoms with E-state index in [1.54, 1.807) is 7.11 Å². The number of rotatable bonds is 6. The monoisotopic (exact) mass is 314 g/mol. The lowest BCUT2D eigenvalue weighted by Crippen LogP contribution is -2.03. The van der Waals surface area contributed by atoms with Gasteiger partial charge in [-0.15, -0.1) is 0 Å². The number of carboxylic acid groups (broad SMARTS) is 1. The second-order valence-electron chi connectivity index (χ2n) is 4.58. The molecule has 1 N–H and O–H groups in total. The molecule has 0 saturated carbocycles. The van der Waals surface area contributed by atoms with Crippen molar-refractivity contribution >= 4 is 21.9 Å². The summed E-state index contributed by atoms with van der Waals surface area (Å²) in [6.45, 7) is 4.24. The van der Waals surface area contributed by atoms with Crippen LogP contribution in [0.5, 0.6) is 5.75 Å². The highest BCUT2D eigenvalue weighted by Gasteiger charge is 2.14. The highest BCUT2D eigenvalue weighted by atomic mass is 79.9. The second kappa shape index (κ2) is 6.78. The molecule has 1 rings (SSSR count). The van der Waals surface area contributed by atoms with Gasteiger partial charge < -0.3 is 9.84 Å². The smallest absolute Gasteiger partial charge is 0.303 e. The van der Waals surface area contributed by atoms with Crippen LogP contribution in [0.4, 0.5) is 0 Å². The van der Waals surface area contributed by atoms with E-state index in [0.717, 1.165) is 22.2 Å². The van der Waals surface area contributed by atoms with Gasteiger partial charge in [0.25, 0.3) is 0 Å². The molecule has 3 nitrogen and oxygen atoms in total. The van der Waals surface area contributed by atoms with Gasteiger partial charge in [-0.05, 0) is 42.0 Å². The number of aryl methyl sites for hydroxylation is 1. The average molecular weight is 315 g/mol. The minimum Gasteiger partial charge on any atom is -0.496 e. The molecule has 0 radical (unpaired) electrons. The minimum atomic E-state index is -0.747. The number of hydrogen-bond donors (Lipinski definition) is 1. The van der Waals surface area contributed by atoms with Crippen LogP contribution in [0, 0.1) is 0 Å². The summed E-state index contributed by atoms with van der Waals surface area (Å²) in [5.41, 5.74) is 2.34. The molecule has 0 unspecified atom stereocenters. The van der Waals surface area contributed by atoms with Crippen molar-refractivity contribution in [3.63, 3.8) is 0 Å². The van der Waals surface area contributed by atoms with E-state index in [2.05, 4.69) is 35.8 Å². The summed E-state index contributed by atoms with van der Waals surface area (Å²) >= 11 is 3.46. The lowest BCUT2D eigenvalue weighted by atomic mass is 9.93. The van der Waals surface area contributed by atoms with Crippen molar-refractivity contribution in [3.05, 3.63) is 27.7 Å². The Hall–Kier alpha value is -1.03. The molecule has 0 aliphatic rings. The van der Waals surface area contributed by atoms with E-state index in [4.69, 9.17) is 9.84 Å². The van der Waals surface area contributed by atoms with Crippen molar-refractivity contribution in [2.24, 2.45) is 0 Å².